The predicted molar refractivity (Wildman–Crippen MR) is 85.2 cm³/mol. The van der Waals surface area contributed by atoms with Crippen LogP contribution in [0.25, 0.3) is 0 Å². The molecule has 1 amide bonds. The summed E-state index contributed by atoms with van der Waals surface area (Å²) in [5.74, 6) is 0.996. The molecule has 116 valence electrons. The fraction of sp³-hybridized carbons (Fsp3) is 0.600. The monoisotopic (exact) mass is 291 g/mol. The van der Waals surface area contributed by atoms with Gasteiger partial charge in [-0.2, -0.15) is 0 Å². The van der Waals surface area contributed by atoms with Gasteiger partial charge in [0, 0.05) is 51.4 Å². The molecule has 0 spiro atoms. The zero-order valence-corrected chi connectivity index (χ0v) is 12.9. The third-order valence-electron chi connectivity index (χ3n) is 3.59. The lowest BCUT2D eigenvalue weighted by atomic mass is 10.2. The maximum Gasteiger partial charge on any atom is 0.221 e. The molecule has 1 fully saturated rings. The number of hydrogen-bond donors (Lipinski definition) is 2. The van der Waals surface area contributed by atoms with Gasteiger partial charge in [-0.05, 0) is 26.0 Å². The van der Waals surface area contributed by atoms with E-state index in [9.17, 15) is 4.79 Å². The summed E-state index contributed by atoms with van der Waals surface area (Å²) >= 11 is 0. The second-order valence-corrected chi connectivity index (χ2v) is 5.72. The van der Waals surface area contributed by atoms with E-state index >= 15 is 0 Å². The van der Waals surface area contributed by atoms with Crippen molar-refractivity contribution in [2.45, 2.75) is 26.3 Å². The van der Waals surface area contributed by atoms with E-state index in [0.29, 0.717) is 6.42 Å². The van der Waals surface area contributed by atoms with Crippen LogP contribution in [-0.2, 0) is 4.79 Å². The van der Waals surface area contributed by atoms with Gasteiger partial charge >= 0.3 is 0 Å². The number of amides is 1. The van der Waals surface area contributed by atoms with Crippen molar-refractivity contribution in [2.24, 2.45) is 0 Å². The minimum atomic E-state index is 0.126. The molecule has 0 atom stereocenters. The molecule has 1 saturated heterocycles. The summed E-state index contributed by atoms with van der Waals surface area (Å²) < 4.78 is 0. The van der Waals surface area contributed by atoms with Crippen LogP contribution in [0.5, 0.6) is 0 Å². The molecule has 0 bridgehead atoms. The number of carbonyl (C=O) groups excluding carboxylic acids is 1. The van der Waals surface area contributed by atoms with Crippen LogP contribution < -0.4 is 16.0 Å². The fourth-order valence-corrected chi connectivity index (χ4v) is 2.51. The Bertz CT molecular complexity index is 469. The molecule has 6 nitrogen and oxygen atoms in total. The zero-order valence-electron chi connectivity index (χ0n) is 12.9. The quantitative estimate of drug-likeness (QED) is 0.835. The Kier molecular flexibility index (Phi) is 5.38. The second kappa shape index (κ2) is 7.26. The maximum atomic E-state index is 11.7. The highest BCUT2D eigenvalue weighted by Gasteiger charge is 2.19. The van der Waals surface area contributed by atoms with Crippen LogP contribution >= 0.6 is 0 Å². The highest BCUT2D eigenvalue weighted by Crippen LogP contribution is 2.20. The normalized spacial score (nSPS) is 16.2. The SMILES string of the molecule is CC(C)NC(=O)CCN1CCN(c2ncccc2N)CC1. The second-order valence-electron chi connectivity index (χ2n) is 5.72. The largest absolute Gasteiger partial charge is 0.396 e. The van der Waals surface area contributed by atoms with Crippen molar-refractivity contribution in [2.75, 3.05) is 43.4 Å². The summed E-state index contributed by atoms with van der Waals surface area (Å²) in [6, 6.07) is 3.94. The molecule has 1 aromatic rings. The van der Waals surface area contributed by atoms with E-state index in [1.165, 1.54) is 0 Å². The van der Waals surface area contributed by atoms with Crippen molar-refractivity contribution in [3.8, 4) is 0 Å². The topological polar surface area (TPSA) is 74.5 Å². The first kappa shape index (κ1) is 15.6. The molecule has 21 heavy (non-hydrogen) atoms. The van der Waals surface area contributed by atoms with Gasteiger partial charge in [-0.15, -0.1) is 0 Å². The van der Waals surface area contributed by atoms with E-state index in [0.717, 1.165) is 44.2 Å². The van der Waals surface area contributed by atoms with Gasteiger partial charge < -0.3 is 16.0 Å². The van der Waals surface area contributed by atoms with Gasteiger partial charge in [-0.25, -0.2) is 4.98 Å². The predicted octanol–water partition coefficient (Wildman–Crippen LogP) is 0.701. The van der Waals surface area contributed by atoms with Crippen LogP contribution in [0.15, 0.2) is 18.3 Å². The van der Waals surface area contributed by atoms with Crippen LogP contribution in [0.1, 0.15) is 20.3 Å². The van der Waals surface area contributed by atoms with E-state index < -0.39 is 0 Å². The van der Waals surface area contributed by atoms with Gasteiger partial charge in [0.1, 0.15) is 0 Å². The van der Waals surface area contributed by atoms with E-state index in [4.69, 9.17) is 5.73 Å². The Morgan fingerprint density at radius 2 is 2.10 bits per heavy atom. The molecule has 0 unspecified atom stereocenters. The number of nitrogens with one attached hydrogen (secondary N) is 1. The van der Waals surface area contributed by atoms with Crippen molar-refractivity contribution in [1.29, 1.82) is 0 Å². The third-order valence-corrected chi connectivity index (χ3v) is 3.59. The van der Waals surface area contributed by atoms with Crippen molar-refractivity contribution < 1.29 is 4.79 Å². The molecule has 3 N–H and O–H groups in total. The summed E-state index contributed by atoms with van der Waals surface area (Å²) in [6.45, 7) is 8.43. The molecular formula is C15H25N5O. The van der Waals surface area contributed by atoms with Gasteiger partial charge in [0.2, 0.25) is 5.91 Å². The molecule has 1 aromatic heterocycles. The van der Waals surface area contributed by atoms with E-state index in [-0.39, 0.29) is 11.9 Å². The van der Waals surface area contributed by atoms with Crippen LogP contribution in [-0.4, -0.2) is 54.6 Å². The van der Waals surface area contributed by atoms with Gasteiger partial charge in [-0.3, -0.25) is 9.69 Å². The number of pyridine rings is 1. The Labute approximate surface area is 126 Å². The molecular weight excluding hydrogens is 266 g/mol. The summed E-state index contributed by atoms with van der Waals surface area (Å²) in [6.07, 6.45) is 2.33. The smallest absolute Gasteiger partial charge is 0.221 e. The molecule has 0 aromatic carbocycles. The van der Waals surface area contributed by atoms with Crippen LogP contribution in [0.2, 0.25) is 0 Å². The molecule has 0 radical (unpaired) electrons. The first-order chi connectivity index (χ1) is 10.1. The number of hydrogen-bond acceptors (Lipinski definition) is 5. The highest BCUT2D eigenvalue weighted by atomic mass is 16.1. The van der Waals surface area contributed by atoms with Crippen molar-refractivity contribution in [3.05, 3.63) is 18.3 Å². The van der Waals surface area contributed by atoms with Crippen molar-refractivity contribution in [3.63, 3.8) is 0 Å². The third kappa shape index (κ3) is 4.60. The molecule has 1 aliphatic heterocycles. The minimum absolute atomic E-state index is 0.126. The summed E-state index contributed by atoms with van der Waals surface area (Å²) in [4.78, 5) is 20.5. The average molecular weight is 291 g/mol. The Morgan fingerprint density at radius 1 is 1.38 bits per heavy atom. The number of nitrogens with zero attached hydrogens (tertiary/aromatic N) is 3. The minimum Gasteiger partial charge on any atom is -0.396 e. The molecule has 2 rings (SSSR count). The van der Waals surface area contributed by atoms with Crippen LogP contribution in [0.3, 0.4) is 0 Å². The Hall–Kier alpha value is -1.82. The summed E-state index contributed by atoms with van der Waals surface area (Å²) in [5, 5.41) is 2.92. The van der Waals surface area contributed by atoms with Crippen molar-refractivity contribution >= 4 is 17.4 Å². The lowest BCUT2D eigenvalue weighted by Crippen LogP contribution is -2.47. The van der Waals surface area contributed by atoms with Crippen molar-refractivity contribution in [1.82, 2.24) is 15.2 Å². The van der Waals surface area contributed by atoms with Gasteiger partial charge in [0.25, 0.3) is 0 Å². The number of piperazine rings is 1. The number of rotatable bonds is 5. The number of nitrogens with two attached hydrogens (primary N) is 1. The fourth-order valence-electron chi connectivity index (χ4n) is 2.51. The summed E-state index contributed by atoms with van der Waals surface area (Å²) in [5.41, 5.74) is 6.68. The van der Waals surface area contributed by atoms with E-state index in [1.54, 1.807) is 6.20 Å². The average Bonchev–Trinajstić information content (AvgIpc) is 2.46. The van der Waals surface area contributed by atoms with Gasteiger partial charge in [0.15, 0.2) is 5.82 Å². The molecule has 2 heterocycles. The van der Waals surface area contributed by atoms with E-state index in [1.807, 2.05) is 26.0 Å². The first-order valence-electron chi connectivity index (χ1n) is 7.53. The molecule has 0 saturated carbocycles. The number of aromatic nitrogens is 1. The Morgan fingerprint density at radius 3 is 2.71 bits per heavy atom. The summed E-state index contributed by atoms with van der Waals surface area (Å²) in [7, 11) is 0. The first-order valence-corrected chi connectivity index (χ1v) is 7.53. The number of anilines is 2. The van der Waals surface area contributed by atoms with Gasteiger partial charge in [0.05, 0.1) is 5.69 Å². The molecule has 1 aliphatic rings. The lowest BCUT2D eigenvalue weighted by molar-refractivity contribution is -0.121. The standard InChI is InChI=1S/C15H25N5O/c1-12(2)18-14(21)5-7-19-8-10-20(11-9-19)15-13(16)4-3-6-17-15/h3-4,6,12H,5,7-11,16H2,1-2H3,(H,18,21). The number of nitrogen functional groups attached to an aromatic ring is 1. The molecule has 6 heteroatoms. The Balaban J connectivity index is 1.76. The van der Waals surface area contributed by atoms with E-state index in [2.05, 4.69) is 20.1 Å². The number of carbonyl (C=O) groups is 1. The zero-order chi connectivity index (χ0) is 15.2. The van der Waals surface area contributed by atoms with Gasteiger partial charge in [-0.1, -0.05) is 0 Å². The lowest BCUT2D eigenvalue weighted by Gasteiger charge is -2.35. The van der Waals surface area contributed by atoms with Crippen LogP contribution in [0, 0.1) is 0 Å². The molecule has 0 aliphatic carbocycles. The van der Waals surface area contributed by atoms with Crippen LogP contribution in [0.4, 0.5) is 11.5 Å². The highest BCUT2D eigenvalue weighted by molar-refractivity contribution is 5.76. The maximum absolute atomic E-state index is 11.7.